The van der Waals surface area contributed by atoms with Crippen LogP contribution in [0.15, 0.2) is 24.3 Å². The number of rotatable bonds is 8. The van der Waals surface area contributed by atoms with Gasteiger partial charge in [-0.15, -0.1) is 0 Å². The Morgan fingerprint density at radius 3 is 2.69 bits per heavy atom. The van der Waals surface area contributed by atoms with E-state index in [1.54, 1.807) is 0 Å². The second-order valence-corrected chi connectivity index (χ2v) is 5.73. The number of unbranched alkanes of at least 4 members (excludes halogenated alkanes) is 3. The molecule has 0 heterocycles. The van der Waals surface area contributed by atoms with Crippen molar-refractivity contribution in [2.45, 2.75) is 38.4 Å². The molecule has 90 valence electrons. The third kappa shape index (κ3) is 6.49. The Kier molecular flexibility index (Phi) is 7.87. The van der Waals surface area contributed by atoms with Crippen LogP contribution < -0.4 is 0 Å². The predicted molar refractivity (Wildman–Crippen MR) is 79.7 cm³/mol. The van der Waals surface area contributed by atoms with Gasteiger partial charge < -0.3 is 0 Å². The molecule has 0 spiro atoms. The lowest BCUT2D eigenvalue weighted by Gasteiger charge is -2.03. The molecule has 1 aromatic rings. The molecule has 0 aliphatic rings. The van der Waals surface area contributed by atoms with Gasteiger partial charge in [-0.1, -0.05) is 42.7 Å². The Morgan fingerprint density at radius 1 is 1.12 bits per heavy atom. The van der Waals surface area contributed by atoms with E-state index in [9.17, 15) is 0 Å². The van der Waals surface area contributed by atoms with Gasteiger partial charge >= 0.3 is 0 Å². The summed E-state index contributed by atoms with van der Waals surface area (Å²) in [6.45, 7) is 2.16. The minimum absolute atomic E-state index is 1.04. The summed E-state index contributed by atoms with van der Waals surface area (Å²) in [7, 11) is 0. The molecule has 0 aromatic heterocycles. The van der Waals surface area contributed by atoms with E-state index < -0.39 is 0 Å². The highest BCUT2D eigenvalue weighted by molar-refractivity contribution is 7.98. The van der Waals surface area contributed by atoms with Crippen LogP contribution in [-0.4, -0.2) is 11.5 Å². The number of thiol groups is 1. The van der Waals surface area contributed by atoms with Crippen molar-refractivity contribution in [1.29, 1.82) is 0 Å². The van der Waals surface area contributed by atoms with Crippen molar-refractivity contribution in [3.05, 3.63) is 35.4 Å². The lowest BCUT2D eigenvalue weighted by molar-refractivity contribution is 0.712. The highest BCUT2D eigenvalue weighted by Gasteiger charge is 1.94. The molecule has 0 saturated heterocycles. The Labute approximate surface area is 110 Å². The van der Waals surface area contributed by atoms with Crippen molar-refractivity contribution in [3.8, 4) is 0 Å². The smallest absolute Gasteiger partial charge is 0.0184 e. The average molecular weight is 254 g/mol. The summed E-state index contributed by atoms with van der Waals surface area (Å²) >= 11 is 6.27. The van der Waals surface area contributed by atoms with E-state index in [0.29, 0.717) is 0 Å². The number of benzene rings is 1. The molecule has 0 fully saturated rings. The molecular weight excluding hydrogens is 232 g/mol. The van der Waals surface area contributed by atoms with Gasteiger partial charge in [-0.25, -0.2) is 0 Å². The number of hydrogen-bond donors (Lipinski definition) is 1. The molecule has 0 atom stereocenters. The van der Waals surface area contributed by atoms with Gasteiger partial charge in [-0.3, -0.25) is 0 Å². The Balaban J connectivity index is 2.03. The summed E-state index contributed by atoms with van der Waals surface area (Å²) in [4.78, 5) is 0. The zero-order valence-electron chi connectivity index (χ0n) is 10.1. The van der Waals surface area contributed by atoms with Crippen molar-refractivity contribution in [2.75, 3.05) is 11.5 Å². The van der Waals surface area contributed by atoms with Crippen molar-refractivity contribution in [2.24, 2.45) is 0 Å². The minimum Gasteiger partial charge on any atom is -0.179 e. The maximum atomic E-state index is 4.22. The summed E-state index contributed by atoms with van der Waals surface area (Å²) in [6, 6.07) is 8.82. The van der Waals surface area contributed by atoms with Gasteiger partial charge in [0.1, 0.15) is 0 Å². The SMILES string of the molecule is Cc1cccc(CSCCCCCCS)c1. The van der Waals surface area contributed by atoms with E-state index in [-0.39, 0.29) is 0 Å². The van der Waals surface area contributed by atoms with Crippen molar-refractivity contribution >= 4 is 24.4 Å². The normalized spacial score (nSPS) is 10.6. The molecule has 0 unspecified atom stereocenters. The van der Waals surface area contributed by atoms with Crippen molar-refractivity contribution < 1.29 is 0 Å². The molecule has 0 amide bonds. The van der Waals surface area contributed by atoms with Gasteiger partial charge in [0.15, 0.2) is 0 Å². The zero-order valence-corrected chi connectivity index (χ0v) is 11.8. The number of hydrogen-bond acceptors (Lipinski definition) is 2. The average Bonchev–Trinajstić information content (AvgIpc) is 2.28. The van der Waals surface area contributed by atoms with Crippen LogP contribution in [0.5, 0.6) is 0 Å². The van der Waals surface area contributed by atoms with E-state index in [2.05, 4.69) is 55.6 Å². The Bertz CT molecular complexity index is 284. The van der Waals surface area contributed by atoms with E-state index in [1.165, 1.54) is 42.6 Å². The van der Waals surface area contributed by atoms with Crippen LogP contribution in [0.3, 0.4) is 0 Å². The van der Waals surface area contributed by atoms with Crippen LogP contribution in [0.25, 0.3) is 0 Å². The lowest BCUT2D eigenvalue weighted by atomic mass is 10.2. The molecule has 16 heavy (non-hydrogen) atoms. The Hall–Kier alpha value is -0.0800. The maximum absolute atomic E-state index is 4.22. The first kappa shape index (κ1) is 14.0. The monoisotopic (exact) mass is 254 g/mol. The first-order chi connectivity index (χ1) is 7.83. The summed E-state index contributed by atoms with van der Waals surface area (Å²) in [5.41, 5.74) is 2.83. The lowest BCUT2D eigenvalue weighted by Crippen LogP contribution is -1.86. The van der Waals surface area contributed by atoms with Crippen molar-refractivity contribution in [3.63, 3.8) is 0 Å². The highest BCUT2D eigenvalue weighted by Crippen LogP contribution is 2.15. The highest BCUT2D eigenvalue weighted by atomic mass is 32.2. The van der Waals surface area contributed by atoms with Gasteiger partial charge in [-0.05, 0) is 36.8 Å². The summed E-state index contributed by atoms with van der Waals surface area (Å²) in [5.74, 6) is 3.49. The van der Waals surface area contributed by atoms with Crippen LogP contribution >= 0.6 is 24.4 Å². The third-order valence-corrected chi connectivity index (χ3v) is 3.98. The zero-order chi connectivity index (χ0) is 11.6. The fourth-order valence-electron chi connectivity index (χ4n) is 1.66. The first-order valence-electron chi connectivity index (χ1n) is 6.07. The molecule has 2 heteroatoms. The maximum Gasteiger partial charge on any atom is 0.0184 e. The van der Waals surface area contributed by atoms with E-state index in [0.717, 1.165) is 11.5 Å². The quantitative estimate of drug-likeness (QED) is 0.517. The largest absolute Gasteiger partial charge is 0.179 e. The standard InChI is InChI=1S/C14H22S2/c1-13-7-6-8-14(11-13)12-16-10-5-3-2-4-9-15/h6-8,11,15H,2-5,9-10,12H2,1H3. The van der Waals surface area contributed by atoms with Crippen LogP contribution in [0.4, 0.5) is 0 Å². The minimum atomic E-state index is 1.04. The van der Waals surface area contributed by atoms with Crippen LogP contribution in [-0.2, 0) is 5.75 Å². The fraction of sp³-hybridized carbons (Fsp3) is 0.571. The van der Waals surface area contributed by atoms with Gasteiger partial charge in [0.2, 0.25) is 0 Å². The molecule has 1 rings (SSSR count). The van der Waals surface area contributed by atoms with E-state index >= 15 is 0 Å². The molecule has 0 bridgehead atoms. The molecule has 0 radical (unpaired) electrons. The predicted octanol–water partition coefficient (Wildman–Crippen LogP) is 4.72. The first-order valence-corrected chi connectivity index (χ1v) is 7.86. The van der Waals surface area contributed by atoms with E-state index in [1.807, 2.05) is 0 Å². The van der Waals surface area contributed by atoms with Crippen LogP contribution in [0, 0.1) is 6.92 Å². The molecule has 0 saturated carbocycles. The van der Waals surface area contributed by atoms with Gasteiger partial charge in [0.25, 0.3) is 0 Å². The second kappa shape index (κ2) is 9.00. The molecule has 0 nitrogen and oxygen atoms in total. The molecule has 1 aromatic carbocycles. The van der Waals surface area contributed by atoms with Gasteiger partial charge in [0, 0.05) is 5.75 Å². The molecule has 0 N–H and O–H groups in total. The molecular formula is C14H22S2. The Morgan fingerprint density at radius 2 is 1.94 bits per heavy atom. The molecule has 0 aliphatic heterocycles. The van der Waals surface area contributed by atoms with E-state index in [4.69, 9.17) is 0 Å². The van der Waals surface area contributed by atoms with Crippen molar-refractivity contribution in [1.82, 2.24) is 0 Å². The fourth-order valence-corrected chi connectivity index (χ4v) is 2.85. The van der Waals surface area contributed by atoms with Gasteiger partial charge in [-0.2, -0.15) is 24.4 Å². The number of aryl methyl sites for hydroxylation is 1. The summed E-state index contributed by atoms with van der Waals surface area (Å²) in [5, 5.41) is 0. The summed E-state index contributed by atoms with van der Waals surface area (Å²) < 4.78 is 0. The second-order valence-electron chi connectivity index (χ2n) is 4.18. The van der Waals surface area contributed by atoms with Crippen LogP contribution in [0.1, 0.15) is 36.8 Å². The summed E-state index contributed by atoms with van der Waals surface area (Å²) in [6.07, 6.45) is 5.33. The van der Waals surface area contributed by atoms with Gasteiger partial charge in [0.05, 0.1) is 0 Å². The third-order valence-electron chi connectivity index (χ3n) is 2.55. The molecule has 0 aliphatic carbocycles. The van der Waals surface area contributed by atoms with Crippen LogP contribution in [0.2, 0.25) is 0 Å². The number of thioether (sulfide) groups is 1. The topological polar surface area (TPSA) is 0 Å².